The Morgan fingerprint density at radius 2 is 1.93 bits per heavy atom. The molecule has 1 aliphatic rings. The van der Waals surface area contributed by atoms with Crippen LogP contribution >= 0.6 is 0 Å². The number of carbonyl (C=O) groups excluding carboxylic acids is 2. The standard InChI is InChI=1S/C22H29N3O2/c1-24-14-15-25(22(27)21(24)8-4-5-12-23-17-26)13-11-18-9-10-19-6-2-3-7-20(19)16-18/h2-3,6-7,9-10,16-17,21H,4-5,8,11-15H2,1H3,(H,23,26)/t21-/m0/s1. The molecule has 1 saturated heterocycles. The zero-order valence-corrected chi connectivity index (χ0v) is 16.1. The summed E-state index contributed by atoms with van der Waals surface area (Å²) in [6.07, 6.45) is 4.32. The Morgan fingerprint density at radius 1 is 1.11 bits per heavy atom. The summed E-state index contributed by atoms with van der Waals surface area (Å²) in [6, 6.07) is 14.9. The highest BCUT2D eigenvalue weighted by Crippen LogP contribution is 2.18. The number of rotatable bonds is 9. The summed E-state index contributed by atoms with van der Waals surface area (Å²) in [6.45, 7) is 3.17. The molecular formula is C22H29N3O2. The molecular weight excluding hydrogens is 338 g/mol. The number of fused-ring (bicyclic) bond motifs is 1. The van der Waals surface area contributed by atoms with Gasteiger partial charge in [-0.25, -0.2) is 0 Å². The summed E-state index contributed by atoms with van der Waals surface area (Å²) in [4.78, 5) is 27.4. The monoisotopic (exact) mass is 367 g/mol. The molecule has 1 atom stereocenters. The van der Waals surface area contributed by atoms with Crippen molar-refractivity contribution in [3.63, 3.8) is 0 Å². The Hall–Kier alpha value is -2.40. The minimum absolute atomic E-state index is 0.0356. The topological polar surface area (TPSA) is 52.6 Å². The van der Waals surface area contributed by atoms with Crippen molar-refractivity contribution in [2.75, 3.05) is 33.2 Å². The number of carbonyl (C=O) groups is 2. The molecule has 5 nitrogen and oxygen atoms in total. The predicted molar refractivity (Wildman–Crippen MR) is 109 cm³/mol. The van der Waals surface area contributed by atoms with Crippen molar-refractivity contribution in [3.05, 3.63) is 48.0 Å². The quantitative estimate of drug-likeness (QED) is 0.547. The Bertz CT molecular complexity index is 777. The number of unbranched alkanes of at least 4 members (excludes halogenated alkanes) is 1. The van der Waals surface area contributed by atoms with Gasteiger partial charge in [0.05, 0.1) is 6.04 Å². The van der Waals surface area contributed by atoms with Gasteiger partial charge in [0.15, 0.2) is 0 Å². The van der Waals surface area contributed by atoms with Crippen LogP contribution in [0.1, 0.15) is 24.8 Å². The highest BCUT2D eigenvalue weighted by molar-refractivity contribution is 5.83. The fraction of sp³-hybridized carbons (Fsp3) is 0.455. The number of piperazine rings is 1. The molecule has 2 aromatic rings. The smallest absolute Gasteiger partial charge is 0.239 e. The van der Waals surface area contributed by atoms with Crippen molar-refractivity contribution in [1.29, 1.82) is 0 Å². The number of nitrogens with zero attached hydrogens (tertiary/aromatic N) is 2. The van der Waals surface area contributed by atoms with Crippen molar-refractivity contribution in [2.45, 2.75) is 31.7 Å². The molecule has 2 aromatic carbocycles. The van der Waals surface area contributed by atoms with E-state index in [9.17, 15) is 9.59 Å². The molecule has 1 heterocycles. The van der Waals surface area contributed by atoms with E-state index in [1.165, 1.54) is 16.3 Å². The average Bonchev–Trinajstić information content (AvgIpc) is 2.69. The maximum absolute atomic E-state index is 12.9. The van der Waals surface area contributed by atoms with Crippen molar-refractivity contribution >= 4 is 23.1 Å². The van der Waals surface area contributed by atoms with E-state index in [2.05, 4.69) is 52.7 Å². The second kappa shape index (κ2) is 9.51. The third kappa shape index (κ3) is 5.07. The number of benzene rings is 2. The van der Waals surface area contributed by atoms with Crippen LogP contribution in [0.3, 0.4) is 0 Å². The molecule has 0 aromatic heterocycles. The number of nitrogens with one attached hydrogen (secondary N) is 1. The second-order valence-corrected chi connectivity index (χ2v) is 7.32. The molecule has 0 spiro atoms. The zero-order valence-electron chi connectivity index (χ0n) is 16.1. The highest BCUT2D eigenvalue weighted by atomic mass is 16.2. The predicted octanol–water partition coefficient (Wildman–Crippen LogP) is 2.44. The first-order valence-corrected chi connectivity index (χ1v) is 9.83. The third-order valence-corrected chi connectivity index (χ3v) is 5.47. The lowest BCUT2D eigenvalue weighted by Crippen LogP contribution is -2.55. The molecule has 5 heteroatoms. The summed E-state index contributed by atoms with van der Waals surface area (Å²) in [5.41, 5.74) is 1.27. The molecule has 27 heavy (non-hydrogen) atoms. The molecule has 0 unspecified atom stereocenters. The normalized spacial score (nSPS) is 18.0. The Morgan fingerprint density at radius 3 is 2.74 bits per heavy atom. The maximum Gasteiger partial charge on any atom is 0.239 e. The van der Waals surface area contributed by atoms with E-state index in [0.29, 0.717) is 6.54 Å². The molecule has 0 bridgehead atoms. The van der Waals surface area contributed by atoms with Crippen LogP contribution in [0.5, 0.6) is 0 Å². The minimum Gasteiger partial charge on any atom is -0.359 e. The fourth-order valence-electron chi connectivity index (χ4n) is 3.79. The van der Waals surface area contributed by atoms with Gasteiger partial charge >= 0.3 is 0 Å². The van der Waals surface area contributed by atoms with E-state index in [-0.39, 0.29) is 11.9 Å². The van der Waals surface area contributed by atoms with Crippen LogP contribution in [-0.4, -0.2) is 61.4 Å². The Balaban J connectivity index is 1.54. The molecule has 1 fully saturated rings. The molecule has 1 aliphatic heterocycles. The van der Waals surface area contributed by atoms with E-state index >= 15 is 0 Å². The van der Waals surface area contributed by atoms with Gasteiger partial charge in [-0.1, -0.05) is 42.5 Å². The van der Waals surface area contributed by atoms with Crippen LogP contribution in [0.15, 0.2) is 42.5 Å². The van der Waals surface area contributed by atoms with Gasteiger partial charge in [-0.3, -0.25) is 14.5 Å². The SMILES string of the molecule is CN1CCN(CCc2ccc3ccccc3c2)C(=O)[C@@H]1CCCCNC=O. The van der Waals surface area contributed by atoms with Gasteiger partial charge < -0.3 is 10.2 Å². The highest BCUT2D eigenvalue weighted by Gasteiger charge is 2.31. The van der Waals surface area contributed by atoms with Crippen molar-refractivity contribution in [2.24, 2.45) is 0 Å². The third-order valence-electron chi connectivity index (χ3n) is 5.47. The Kier molecular flexibility index (Phi) is 6.82. The van der Waals surface area contributed by atoms with E-state index in [4.69, 9.17) is 0 Å². The second-order valence-electron chi connectivity index (χ2n) is 7.32. The first kappa shape index (κ1) is 19.4. The lowest BCUT2D eigenvalue weighted by Gasteiger charge is -2.39. The van der Waals surface area contributed by atoms with Crippen LogP contribution < -0.4 is 5.32 Å². The molecule has 2 amide bonds. The van der Waals surface area contributed by atoms with E-state index in [1.54, 1.807) is 0 Å². The summed E-state index contributed by atoms with van der Waals surface area (Å²) >= 11 is 0. The molecule has 0 saturated carbocycles. The van der Waals surface area contributed by atoms with Crippen molar-refractivity contribution in [3.8, 4) is 0 Å². The van der Waals surface area contributed by atoms with Crippen molar-refractivity contribution < 1.29 is 9.59 Å². The van der Waals surface area contributed by atoms with Gasteiger partial charge in [0.2, 0.25) is 12.3 Å². The van der Waals surface area contributed by atoms with Crippen LogP contribution in [0, 0.1) is 0 Å². The largest absolute Gasteiger partial charge is 0.359 e. The fourth-order valence-corrected chi connectivity index (χ4v) is 3.79. The maximum atomic E-state index is 12.9. The summed E-state index contributed by atoms with van der Waals surface area (Å²) in [7, 11) is 2.03. The van der Waals surface area contributed by atoms with Gasteiger partial charge in [0.1, 0.15) is 0 Å². The zero-order chi connectivity index (χ0) is 19.1. The summed E-state index contributed by atoms with van der Waals surface area (Å²) in [5, 5.41) is 5.18. The van der Waals surface area contributed by atoms with E-state index in [1.807, 2.05) is 11.9 Å². The van der Waals surface area contributed by atoms with Crippen LogP contribution in [0.4, 0.5) is 0 Å². The lowest BCUT2D eigenvalue weighted by atomic mass is 10.0. The number of hydrogen-bond acceptors (Lipinski definition) is 3. The van der Waals surface area contributed by atoms with Gasteiger partial charge in [0.25, 0.3) is 0 Å². The van der Waals surface area contributed by atoms with Gasteiger partial charge in [0, 0.05) is 26.2 Å². The van der Waals surface area contributed by atoms with Crippen LogP contribution in [0.2, 0.25) is 0 Å². The van der Waals surface area contributed by atoms with Crippen LogP contribution in [0.25, 0.3) is 10.8 Å². The average molecular weight is 367 g/mol. The van der Waals surface area contributed by atoms with Gasteiger partial charge in [-0.2, -0.15) is 0 Å². The number of amides is 2. The minimum atomic E-state index is -0.0356. The molecule has 0 radical (unpaired) electrons. The molecule has 0 aliphatic carbocycles. The van der Waals surface area contributed by atoms with Gasteiger partial charge in [-0.15, -0.1) is 0 Å². The molecule has 1 N–H and O–H groups in total. The summed E-state index contributed by atoms with van der Waals surface area (Å²) < 4.78 is 0. The van der Waals surface area contributed by atoms with E-state index < -0.39 is 0 Å². The van der Waals surface area contributed by atoms with Crippen molar-refractivity contribution in [1.82, 2.24) is 15.1 Å². The van der Waals surface area contributed by atoms with Gasteiger partial charge in [-0.05, 0) is 49.1 Å². The molecule has 3 rings (SSSR count). The number of hydrogen-bond donors (Lipinski definition) is 1. The van der Waals surface area contributed by atoms with Crippen LogP contribution in [-0.2, 0) is 16.0 Å². The molecule has 144 valence electrons. The first-order valence-electron chi connectivity index (χ1n) is 9.83. The lowest BCUT2D eigenvalue weighted by molar-refractivity contribution is -0.141. The Labute approximate surface area is 161 Å². The first-order chi connectivity index (χ1) is 13.2. The van der Waals surface area contributed by atoms with E-state index in [0.717, 1.165) is 51.7 Å². The number of likely N-dealkylation sites (N-methyl/N-ethyl adjacent to an activating group) is 1. The summed E-state index contributed by atoms with van der Waals surface area (Å²) in [5.74, 6) is 0.243.